The molecule has 17 heavy (non-hydrogen) atoms. The normalized spacial score (nSPS) is 18.9. The van der Waals surface area contributed by atoms with Gasteiger partial charge in [0.25, 0.3) is 0 Å². The summed E-state index contributed by atoms with van der Waals surface area (Å²) in [7, 11) is 2.07. The highest BCUT2D eigenvalue weighted by Crippen LogP contribution is 2.16. The zero-order chi connectivity index (χ0) is 13.1. The van der Waals surface area contributed by atoms with Crippen molar-refractivity contribution in [3.8, 4) is 0 Å². The standard InChI is InChI=1S/C13H22N2O2/c1-10(11-7-6-8-15(5)9-11)14-17-12(16)13(2,3)4/h7H,6,8-9H2,1-5H3/b14-10+. The quantitative estimate of drug-likeness (QED) is 0.421. The number of hydrogen-bond acceptors (Lipinski definition) is 4. The molecule has 1 heterocycles. The second kappa shape index (κ2) is 5.45. The molecule has 0 amide bonds. The molecule has 0 fully saturated rings. The van der Waals surface area contributed by atoms with Crippen LogP contribution in [-0.4, -0.2) is 36.7 Å². The van der Waals surface area contributed by atoms with Gasteiger partial charge in [0, 0.05) is 13.1 Å². The Morgan fingerprint density at radius 1 is 1.47 bits per heavy atom. The van der Waals surface area contributed by atoms with Crippen LogP contribution in [-0.2, 0) is 9.63 Å². The van der Waals surface area contributed by atoms with E-state index < -0.39 is 5.41 Å². The average Bonchev–Trinajstić information content (AvgIpc) is 2.24. The fourth-order valence-corrected chi connectivity index (χ4v) is 1.46. The molecule has 0 N–H and O–H groups in total. The van der Waals surface area contributed by atoms with Crippen LogP contribution in [0.5, 0.6) is 0 Å². The first-order valence-electron chi connectivity index (χ1n) is 5.94. The Labute approximate surface area is 103 Å². The molecule has 0 aliphatic carbocycles. The topological polar surface area (TPSA) is 41.9 Å². The average molecular weight is 238 g/mol. The van der Waals surface area contributed by atoms with Gasteiger partial charge in [0.15, 0.2) is 0 Å². The van der Waals surface area contributed by atoms with Crippen molar-refractivity contribution in [3.63, 3.8) is 0 Å². The second-order valence-electron chi connectivity index (χ2n) is 5.56. The Hall–Kier alpha value is -1.16. The molecule has 0 radical (unpaired) electrons. The monoisotopic (exact) mass is 238 g/mol. The zero-order valence-corrected chi connectivity index (χ0v) is 11.4. The molecule has 0 saturated heterocycles. The van der Waals surface area contributed by atoms with Crippen LogP contribution in [0.25, 0.3) is 0 Å². The van der Waals surface area contributed by atoms with Gasteiger partial charge >= 0.3 is 5.97 Å². The molecule has 0 unspecified atom stereocenters. The molecule has 0 bridgehead atoms. The molecule has 0 aromatic heterocycles. The Balaban J connectivity index is 2.61. The fourth-order valence-electron chi connectivity index (χ4n) is 1.46. The number of nitrogens with zero attached hydrogens (tertiary/aromatic N) is 2. The number of hydrogen-bond donors (Lipinski definition) is 0. The summed E-state index contributed by atoms with van der Waals surface area (Å²) in [6.07, 6.45) is 3.18. The molecular weight excluding hydrogens is 216 g/mol. The molecule has 0 aromatic rings. The lowest BCUT2D eigenvalue weighted by atomic mass is 9.98. The van der Waals surface area contributed by atoms with Gasteiger partial charge in [-0.15, -0.1) is 0 Å². The minimum atomic E-state index is -0.512. The highest BCUT2D eigenvalue weighted by molar-refractivity contribution is 5.98. The van der Waals surface area contributed by atoms with Gasteiger partial charge in [-0.2, -0.15) is 0 Å². The molecular formula is C13H22N2O2. The molecule has 4 nitrogen and oxygen atoms in total. The van der Waals surface area contributed by atoms with Crippen LogP contribution in [0.2, 0.25) is 0 Å². The van der Waals surface area contributed by atoms with Crippen LogP contribution < -0.4 is 0 Å². The highest BCUT2D eigenvalue weighted by Gasteiger charge is 2.23. The summed E-state index contributed by atoms with van der Waals surface area (Å²) in [4.78, 5) is 18.7. The van der Waals surface area contributed by atoms with Crippen LogP contribution in [0.15, 0.2) is 16.8 Å². The summed E-state index contributed by atoms with van der Waals surface area (Å²) in [5, 5.41) is 3.92. The molecule has 0 spiro atoms. The number of carbonyl (C=O) groups is 1. The first-order chi connectivity index (χ1) is 7.80. The molecule has 96 valence electrons. The minimum absolute atomic E-state index is 0.304. The maximum absolute atomic E-state index is 11.6. The largest absolute Gasteiger partial charge is 0.340 e. The SMILES string of the molecule is C/C(=N\OC(=O)C(C)(C)C)C1=CCCN(C)C1. The number of carbonyl (C=O) groups excluding carboxylic acids is 1. The van der Waals surface area contributed by atoms with E-state index >= 15 is 0 Å². The number of rotatable bonds is 2. The van der Waals surface area contributed by atoms with Crippen LogP contribution in [0.3, 0.4) is 0 Å². The lowest BCUT2D eigenvalue weighted by molar-refractivity contribution is -0.152. The predicted octanol–water partition coefficient (Wildman–Crippen LogP) is 2.21. The van der Waals surface area contributed by atoms with Gasteiger partial charge in [-0.3, -0.25) is 0 Å². The van der Waals surface area contributed by atoms with Crippen molar-refractivity contribution in [2.45, 2.75) is 34.1 Å². The van der Waals surface area contributed by atoms with Crippen molar-refractivity contribution in [3.05, 3.63) is 11.6 Å². The molecule has 4 heteroatoms. The lowest BCUT2D eigenvalue weighted by Gasteiger charge is -2.22. The number of oxime groups is 1. The first-order valence-corrected chi connectivity index (χ1v) is 5.94. The third kappa shape index (κ3) is 4.30. The Kier molecular flexibility index (Phi) is 4.46. The third-order valence-electron chi connectivity index (χ3n) is 2.68. The maximum Gasteiger partial charge on any atom is 0.340 e. The van der Waals surface area contributed by atoms with E-state index in [-0.39, 0.29) is 5.97 Å². The molecule has 1 rings (SSSR count). The lowest BCUT2D eigenvalue weighted by Crippen LogP contribution is -2.28. The van der Waals surface area contributed by atoms with Crippen LogP contribution >= 0.6 is 0 Å². The Bertz CT molecular complexity index is 351. The second-order valence-corrected chi connectivity index (χ2v) is 5.56. The summed E-state index contributed by atoms with van der Waals surface area (Å²) >= 11 is 0. The van der Waals surface area contributed by atoms with Gasteiger partial charge in [-0.05, 0) is 46.7 Å². The van der Waals surface area contributed by atoms with Crippen molar-refractivity contribution >= 4 is 11.7 Å². The van der Waals surface area contributed by atoms with Gasteiger partial charge in [-0.1, -0.05) is 11.2 Å². The minimum Gasteiger partial charge on any atom is -0.317 e. The predicted molar refractivity (Wildman–Crippen MR) is 68.9 cm³/mol. The van der Waals surface area contributed by atoms with E-state index in [0.717, 1.165) is 30.8 Å². The van der Waals surface area contributed by atoms with Gasteiger partial charge in [0.2, 0.25) is 0 Å². The summed E-state index contributed by atoms with van der Waals surface area (Å²) < 4.78 is 0. The van der Waals surface area contributed by atoms with Gasteiger partial charge < -0.3 is 9.74 Å². The molecule has 0 saturated carbocycles. The van der Waals surface area contributed by atoms with Gasteiger partial charge in [-0.25, -0.2) is 4.79 Å². The van der Waals surface area contributed by atoms with E-state index in [2.05, 4.69) is 23.2 Å². The van der Waals surface area contributed by atoms with E-state index in [1.807, 2.05) is 27.7 Å². The third-order valence-corrected chi connectivity index (χ3v) is 2.68. The zero-order valence-electron chi connectivity index (χ0n) is 11.4. The maximum atomic E-state index is 11.6. The van der Waals surface area contributed by atoms with E-state index in [1.54, 1.807) is 0 Å². The summed E-state index contributed by atoms with van der Waals surface area (Å²) in [6, 6.07) is 0. The summed E-state index contributed by atoms with van der Waals surface area (Å²) in [5.41, 5.74) is 1.41. The van der Waals surface area contributed by atoms with Crippen molar-refractivity contribution in [2.75, 3.05) is 20.1 Å². The summed E-state index contributed by atoms with van der Waals surface area (Å²) in [6.45, 7) is 9.25. The smallest absolute Gasteiger partial charge is 0.317 e. The number of likely N-dealkylation sites (N-methyl/N-ethyl adjacent to an activating group) is 1. The van der Waals surface area contributed by atoms with Gasteiger partial charge in [0.05, 0.1) is 11.1 Å². The van der Waals surface area contributed by atoms with Crippen LogP contribution in [0.1, 0.15) is 34.1 Å². The van der Waals surface area contributed by atoms with Crippen molar-refractivity contribution in [1.29, 1.82) is 0 Å². The van der Waals surface area contributed by atoms with E-state index in [0.29, 0.717) is 0 Å². The fraction of sp³-hybridized carbons (Fsp3) is 0.692. The van der Waals surface area contributed by atoms with Gasteiger partial charge in [0.1, 0.15) is 0 Å². The highest BCUT2D eigenvalue weighted by atomic mass is 16.7. The van der Waals surface area contributed by atoms with Crippen LogP contribution in [0, 0.1) is 5.41 Å². The van der Waals surface area contributed by atoms with E-state index in [4.69, 9.17) is 4.84 Å². The van der Waals surface area contributed by atoms with Crippen molar-refractivity contribution < 1.29 is 9.63 Å². The summed E-state index contributed by atoms with van der Waals surface area (Å²) in [5.74, 6) is -0.304. The Morgan fingerprint density at radius 3 is 2.65 bits per heavy atom. The van der Waals surface area contributed by atoms with Crippen LogP contribution in [0.4, 0.5) is 0 Å². The molecule has 1 aliphatic heterocycles. The first kappa shape index (κ1) is 13.9. The molecule has 0 atom stereocenters. The van der Waals surface area contributed by atoms with E-state index in [1.165, 1.54) is 0 Å². The molecule has 1 aliphatic rings. The van der Waals surface area contributed by atoms with Crippen molar-refractivity contribution in [2.24, 2.45) is 10.6 Å². The molecule has 0 aromatic carbocycles. The van der Waals surface area contributed by atoms with Crippen molar-refractivity contribution in [1.82, 2.24) is 4.90 Å². The Morgan fingerprint density at radius 2 is 2.12 bits per heavy atom. The van der Waals surface area contributed by atoms with E-state index in [9.17, 15) is 4.79 Å².